The summed E-state index contributed by atoms with van der Waals surface area (Å²) in [7, 11) is 0. The predicted molar refractivity (Wildman–Crippen MR) is 132 cm³/mol. The lowest BCUT2D eigenvalue weighted by Gasteiger charge is -2.19. The van der Waals surface area contributed by atoms with Crippen LogP contribution in [0.3, 0.4) is 0 Å². The first-order chi connectivity index (χ1) is 16.3. The number of carboxylic acid groups (broad SMARTS) is 1. The Bertz CT molecular complexity index is 754. The number of carbonyl (C=O) groups is 4. The van der Waals surface area contributed by atoms with Crippen molar-refractivity contribution in [2.24, 2.45) is 0 Å². The second-order valence-corrected chi connectivity index (χ2v) is 8.73. The Labute approximate surface area is 203 Å². The summed E-state index contributed by atoms with van der Waals surface area (Å²) in [4.78, 5) is 47.9. The van der Waals surface area contributed by atoms with E-state index in [9.17, 15) is 24.3 Å². The van der Waals surface area contributed by atoms with Crippen LogP contribution < -0.4 is 16.0 Å². The number of amides is 3. The van der Waals surface area contributed by atoms with E-state index in [-0.39, 0.29) is 18.9 Å². The molecule has 0 aliphatic rings. The molecule has 0 bridgehead atoms. The zero-order chi connectivity index (χ0) is 25.2. The molecule has 0 aromatic heterocycles. The van der Waals surface area contributed by atoms with Gasteiger partial charge in [-0.15, -0.1) is 0 Å². The van der Waals surface area contributed by atoms with E-state index < -0.39 is 29.9 Å². The van der Waals surface area contributed by atoms with E-state index in [1.807, 2.05) is 6.07 Å². The molecule has 4 N–H and O–H groups in total. The number of hydrogen-bond donors (Lipinski definition) is 4. The molecule has 8 heteroatoms. The number of rotatable bonds is 18. The second-order valence-electron chi connectivity index (χ2n) is 8.73. The SMILES string of the molecule is CCCCCCCCCCCC(=O)NCC(=O)N[C@@H](C)C(=O)N[C@@H](Cc1ccccc1)C(=O)O. The monoisotopic (exact) mass is 475 g/mol. The van der Waals surface area contributed by atoms with Gasteiger partial charge in [0.15, 0.2) is 0 Å². The molecule has 0 saturated heterocycles. The van der Waals surface area contributed by atoms with Crippen LogP contribution in [0.15, 0.2) is 30.3 Å². The van der Waals surface area contributed by atoms with Gasteiger partial charge < -0.3 is 21.1 Å². The molecule has 8 nitrogen and oxygen atoms in total. The van der Waals surface area contributed by atoms with Gasteiger partial charge >= 0.3 is 5.97 Å². The lowest BCUT2D eigenvalue weighted by Crippen LogP contribution is -2.52. The average molecular weight is 476 g/mol. The summed E-state index contributed by atoms with van der Waals surface area (Å²) >= 11 is 0. The van der Waals surface area contributed by atoms with Crippen LogP contribution in [0.5, 0.6) is 0 Å². The van der Waals surface area contributed by atoms with Crippen molar-refractivity contribution in [1.82, 2.24) is 16.0 Å². The molecule has 3 amide bonds. The quantitative estimate of drug-likeness (QED) is 0.242. The lowest BCUT2D eigenvalue weighted by atomic mass is 10.1. The molecule has 0 saturated carbocycles. The van der Waals surface area contributed by atoms with E-state index >= 15 is 0 Å². The number of aliphatic carboxylic acids is 1. The van der Waals surface area contributed by atoms with Gasteiger partial charge in [0, 0.05) is 12.8 Å². The highest BCUT2D eigenvalue weighted by Gasteiger charge is 2.24. The summed E-state index contributed by atoms with van der Waals surface area (Å²) in [5.41, 5.74) is 0.779. The van der Waals surface area contributed by atoms with Crippen molar-refractivity contribution < 1.29 is 24.3 Å². The van der Waals surface area contributed by atoms with Crippen molar-refractivity contribution in [2.45, 2.75) is 96.6 Å². The Morgan fingerprint density at radius 2 is 1.41 bits per heavy atom. The second kappa shape index (κ2) is 17.6. The van der Waals surface area contributed by atoms with Crippen molar-refractivity contribution in [2.75, 3.05) is 6.54 Å². The fourth-order valence-corrected chi connectivity index (χ4v) is 3.57. The first-order valence-corrected chi connectivity index (χ1v) is 12.5. The van der Waals surface area contributed by atoms with Crippen LogP contribution in [0.1, 0.15) is 83.6 Å². The highest BCUT2D eigenvalue weighted by Crippen LogP contribution is 2.10. The van der Waals surface area contributed by atoms with Crippen molar-refractivity contribution in [1.29, 1.82) is 0 Å². The van der Waals surface area contributed by atoms with Crippen LogP contribution in [0.25, 0.3) is 0 Å². The normalized spacial score (nSPS) is 12.4. The Kier molecular flexibility index (Phi) is 15.0. The molecular weight excluding hydrogens is 434 g/mol. The molecule has 0 fully saturated rings. The molecule has 0 heterocycles. The predicted octanol–water partition coefficient (Wildman–Crippen LogP) is 3.34. The van der Waals surface area contributed by atoms with Gasteiger partial charge in [-0.3, -0.25) is 14.4 Å². The van der Waals surface area contributed by atoms with Gasteiger partial charge in [-0.05, 0) is 18.9 Å². The van der Waals surface area contributed by atoms with Gasteiger partial charge in [0.05, 0.1) is 6.54 Å². The van der Waals surface area contributed by atoms with Crippen LogP contribution in [0.4, 0.5) is 0 Å². The molecule has 1 aromatic carbocycles. The first kappa shape index (κ1) is 29.1. The fourth-order valence-electron chi connectivity index (χ4n) is 3.57. The molecule has 190 valence electrons. The summed E-state index contributed by atoms with van der Waals surface area (Å²) < 4.78 is 0. The van der Waals surface area contributed by atoms with Crippen LogP contribution in [0, 0.1) is 0 Å². The van der Waals surface area contributed by atoms with Crippen molar-refractivity contribution in [3.05, 3.63) is 35.9 Å². The summed E-state index contributed by atoms with van der Waals surface area (Å²) in [5.74, 6) is -2.45. The third kappa shape index (κ3) is 13.6. The maximum Gasteiger partial charge on any atom is 0.326 e. The van der Waals surface area contributed by atoms with E-state index in [1.54, 1.807) is 24.3 Å². The maximum atomic E-state index is 12.3. The van der Waals surface area contributed by atoms with Crippen LogP contribution >= 0.6 is 0 Å². The number of carboxylic acids is 1. The molecule has 34 heavy (non-hydrogen) atoms. The lowest BCUT2D eigenvalue weighted by molar-refractivity contribution is -0.142. The molecule has 2 atom stereocenters. The Hall–Kier alpha value is -2.90. The van der Waals surface area contributed by atoms with Crippen molar-refractivity contribution in [3.8, 4) is 0 Å². The molecule has 1 rings (SSSR count). The average Bonchev–Trinajstić information content (AvgIpc) is 2.81. The van der Waals surface area contributed by atoms with E-state index in [1.165, 1.54) is 45.4 Å². The third-order valence-electron chi connectivity index (χ3n) is 5.62. The highest BCUT2D eigenvalue weighted by molar-refractivity contribution is 5.91. The Balaban J connectivity index is 2.22. The number of benzene rings is 1. The summed E-state index contributed by atoms with van der Waals surface area (Å²) in [5, 5.41) is 16.9. The zero-order valence-corrected chi connectivity index (χ0v) is 20.6. The van der Waals surface area contributed by atoms with Gasteiger partial charge in [-0.25, -0.2) is 4.79 Å². The van der Waals surface area contributed by atoms with E-state index in [0.29, 0.717) is 6.42 Å². The summed E-state index contributed by atoms with van der Waals surface area (Å²) in [6.07, 6.45) is 11.0. The molecule has 0 aliphatic heterocycles. The van der Waals surface area contributed by atoms with Crippen LogP contribution in [-0.4, -0.2) is 47.4 Å². The molecule has 0 aliphatic carbocycles. The Morgan fingerprint density at radius 3 is 2.00 bits per heavy atom. The number of hydrogen-bond acceptors (Lipinski definition) is 4. The number of carbonyl (C=O) groups excluding carboxylic acids is 3. The minimum absolute atomic E-state index is 0.136. The molecule has 0 unspecified atom stereocenters. The van der Waals surface area contributed by atoms with Gasteiger partial charge in [-0.2, -0.15) is 0 Å². The standard InChI is InChI=1S/C26H41N3O5/c1-3-4-5-6-7-8-9-10-14-17-23(30)27-19-24(31)28-20(2)25(32)29-22(26(33)34)18-21-15-12-11-13-16-21/h11-13,15-16,20,22H,3-10,14,17-19H2,1-2H3,(H,27,30)(H,28,31)(H,29,32)(H,33,34)/t20-,22-/m0/s1. The minimum atomic E-state index is -1.15. The molecular formula is C26H41N3O5. The van der Waals surface area contributed by atoms with E-state index in [4.69, 9.17) is 0 Å². The smallest absolute Gasteiger partial charge is 0.326 e. The number of unbranched alkanes of at least 4 members (excludes halogenated alkanes) is 8. The van der Waals surface area contributed by atoms with E-state index in [0.717, 1.165) is 24.8 Å². The van der Waals surface area contributed by atoms with Crippen molar-refractivity contribution >= 4 is 23.7 Å². The number of nitrogens with one attached hydrogen (secondary N) is 3. The molecule has 0 radical (unpaired) electrons. The van der Waals surface area contributed by atoms with Crippen LogP contribution in [0.2, 0.25) is 0 Å². The van der Waals surface area contributed by atoms with E-state index in [2.05, 4.69) is 22.9 Å². The zero-order valence-electron chi connectivity index (χ0n) is 20.6. The summed E-state index contributed by atoms with van der Waals surface area (Å²) in [6, 6.07) is 6.94. The fraction of sp³-hybridized carbons (Fsp3) is 0.615. The van der Waals surface area contributed by atoms with Gasteiger partial charge in [0.1, 0.15) is 12.1 Å². The topological polar surface area (TPSA) is 125 Å². The Morgan fingerprint density at radius 1 is 0.824 bits per heavy atom. The van der Waals surface area contributed by atoms with Gasteiger partial charge in [-0.1, -0.05) is 88.6 Å². The third-order valence-corrected chi connectivity index (χ3v) is 5.62. The van der Waals surface area contributed by atoms with Crippen LogP contribution in [-0.2, 0) is 25.6 Å². The van der Waals surface area contributed by atoms with Gasteiger partial charge in [0.25, 0.3) is 0 Å². The first-order valence-electron chi connectivity index (χ1n) is 12.5. The molecule has 1 aromatic rings. The minimum Gasteiger partial charge on any atom is -0.480 e. The van der Waals surface area contributed by atoms with Gasteiger partial charge in [0.2, 0.25) is 17.7 Å². The summed E-state index contributed by atoms with van der Waals surface area (Å²) in [6.45, 7) is 3.45. The highest BCUT2D eigenvalue weighted by atomic mass is 16.4. The maximum absolute atomic E-state index is 12.3. The molecule has 0 spiro atoms. The largest absolute Gasteiger partial charge is 0.480 e. The van der Waals surface area contributed by atoms with Crippen molar-refractivity contribution in [3.63, 3.8) is 0 Å².